The van der Waals surface area contributed by atoms with Gasteiger partial charge in [0.15, 0.2) is 12.4 Å². The summed E-state index contributed by atoms with van der Waals surface area (Å²) in [6.07, 6.45) is 4.06. The SMILES string of the molecule is CCCC[C@H]1C(=O)N(C)[C@@H](CCCC)C(=O)N[C@@H](CC(C)C)C(=O)N[C@H](C(=O)NCC(N)=O)CSCC(=O)N[C@@H](Cc2ccc(O)cc2)C(=O)N(C)[C@@H](C)C(=O)N[C@@H](CC(N)=O)C(=O)N2CCC[C@H]2C(=O)N[C@@H](CNC#N)C(=O)N[C@@H](CC(C)C)C(=O)N2C[C@H](O)C[C@H]2C(=O)N[C@@H](Cc2c[nH]c3ccccc23)C(=O)N[C@@H](CCNC#N)C(=O)N[C@@H](Cc2cn(CC(=O)OC)c3ccccc23)C(=O)N1C. The van der Waals surface area contributed by atoms with E-state index in [-0.39, 0.29) is 95.5 Å². The molecule has 3 fully saturated rings. The van der Waals surface area contributed by atoms with Crippen LogP contribution in [0.15, 0.2) is 85.2 Å². The fourth-order valence-corrected chi connectivity index (χ4v) is 17.9. The molecule has 0 spiro atoms. The predicted molar refractivity (Wildman–Crippen MR) is 508 cm³/mol. The molecule has 5 aromatic rings. The number of likely N-dealkylation sites (N-methyl/N-ethyl adjacent to an activating group) is 3. The van der Waals surface area contributed by atoms with Gasteiger partial charge >= 0.3 is 5.97 Å². The molecular formula is C94H131N23O21S. The molecule has 17 amide bonds. The number of thioether (sulfide) groups is 1. The molecule has 8 rings (SSSR count). The lowest BCUT2D eigenvalue weighted by atomic mass is 9.99. The summed E-state index contributed by atoms with van der Waals surface area (Å²) in [4.78, 5) is 273. The number of para-hydroxylation sites is 2. The second kappa shape index (κ2) is 53.0. The van der Waals surface area contributed by atoms with Gasteiger partial charge in [0.25, 0.3) is 0 Å². The summed E-state index contributed by atoms with van der Waals surface area (Å²) in [5.74, 6) is -18.8. The van der Waals surface area contributed by atoms with Crippen molar-refractivity contribution < 1.29 is 101 Å². The molecule has 0 aliphatic carbocycles. The summed E-state index contributed by atoms with van der Waals surface area (Å²) < 4.78 is 6.63. The Morgan fingerprint density at radius 2 is 1.12 bits per heavy atom. The number of unbranched alkanes of at least 4 members (excludes halogenated alkanes) is 2. The molecule has 15 atom stereocenters. The Kier molecular flexibility index (Phi) is 42.0. The minimum Gasteiger partial charge on any atom is -0.508 e. The zero-order chi connectivity index (χ0) is 102. The lowest BCUT2D eigenvalue weighted by Gasteiger charge is -2.36. The number of nitriles is 2. The monoisotopic (exact) mass is 1950 g/mol. The number of aliphatic hydroxyl groups is 1. The van der Waals surface area contributed by atoms with Crippen LogP contribution in [-0.2, 0) is 117 Å². The number of methoxy groups -OCH3 is 1. The summed E-state index contributed by atoms with van der Waals surface area (Å²) in [6, 6.07) is -2.66. The quantitative estimate of drug-likeness (QED) is 0.0112. The van der Waals surface area contributed by atoms with Crippen molar-refractivity contribution in [2.24, 2.45) is 23.3 Å². The largest absolute Gasteiger partial charge is 0.508 e. The molecule has 3 aliphatic heterocycles. The number of aromatic amines is 1. The number of amides is 17. The molecule has 19 N–H and O–H groups in total. The summed E-state index contributed by atoms with van der Waals surface area (Å²) in [5, 5.41) is 73.9. The van der Waals surface area contributed by atoms with Crippen LogP contribution in [0.1, 0.15) is 149 Å². The third-order valence-corrected chi connectivity index (χ3v) is 25.7. The maximum atomic E-state index is 16.1. The first-order valence-corrected chi connectivity index (χ1v) is 47.7. The van der Waals surface area contributed by atoms with Crippen molar-refractivity contribution >= 4 is 140 Å². The molecule has 44 nitrogen and oxygen atoms in total. The van der Waals surface area contributed by atoms with Crippen LogP contribution in [0, 0.1) is 34.7 Å². The van der Waals surface area contributed by atoms with Gasteiger partial charge in [-0.3, -0.25) is 86.3 Å². The summed E-state index contributed by atoms with van der Waals surface area (Å²) >= 11 is 0.777. The number of aromatic hydroxyl groups is 1. The molecule has 45 heteroatoms. The highest BCUT2D eigenvalue weighted by Gasteiger charge is 2.47. The van der Waals surface area contributed by atoms with E-state index >= 15 is 33.6 Å². The van der Waals surface area contributed by atoms with E-state index in [0.29, 0.717) is 64.2 Å². The van der Waals surface area contributed by atoms with Crippen LogP contribution in [0.4, 0.5) is 0 Å². The number of carbonyl (C=O) groups is 18. The Morgan fingerprint density at radius 3 is 1.78 bits per heavy atom. The van der Waals surface area contributed by atoms with Crippen molar-refractivity contribution in [1.29, 1.82) is 10.5 Å². The number of aromatic nitrogens is 2. The van der Waals surface area contributed by atoms with Crippen molar-refractivity contribution in [1.82, 2.24) is 97.9 Å². The van der Waals surface area contributed by atoms with E-state index in [2.05, 4.69) is 68.8 Å². The van der Waals surface area contributed by atoms with Gasteiger partial charge in [0.1, 0.15) is 96.9 Å². The minimum atomic E-state index is -1.81. The summed E-state index contributed by atoms with van der Waals surface area (Å²) in [7, 11) is 5.10. The number of phenolic OH excluding ortho intramolecular Hbond substituents is 1. The van der Waals surface area contributed by atoms with Crippen LogP contribution >= 0.6 is 11.8 Å². The third-order valence-electron chi connectivity index (χ3n) is 24.6. The molecule has 0 saturated carbocycles. The van der Waals surface area contributed by atoms with Crippen LogP contribution in [0.25, 0.3) is 21.8 Å². The van der Waals surface area contributed by atoms with Gasteiger partial charge in [0, 0.05) is 106 Å². The van der Waals surface area contributed by atoms with E-state index in [4.69, 9.17) is 16.2 Å². The minimum absolute atomic E-state index is 0.00797. The molecule has 3 saturated heterocycles. The van der Waals surface area contributed by atoms with Gasteiger partial charge in [-0.15, -0.1) is 11.8 Å². The van der Waals surface area contributed by atoms with E-state index in [1.807, 2.05) is 13.8 Å². The number of carbonyl (C=O) groups excluding carboxylic acids is 18. The van der Waals surface area contributed by atoms with E-state index in [0.717, 1.165) is 36.3 Å². The van der Waals surface area contributed by atoms with Gasteiger partial charge in [-0.1, -0.05) is 116 Å². The molecule has 3 aromatic carbocycles. The number of rotatable bonds is 28. The normalized spacial score (nSPS) is 24.3. The molecule has 139 heavy (non-hydrogen) atoms. The van der Waals surface area contributed by atoms with E-state index in [9.17, 15) is 73.5 Å². The van der Waals surface area contributed by atoms with Gasteiger partial charge < -0.3 is 124 Å². The third kappa shape index (κ3) is 31.2. The zero-order valence-electron chi connectivity index (χ0n) is 80.2. The number of hydrogen-bond acceptors (Lipinski definition) is 26. The predicted octanol–water partition coefficient (Wildman–Crippen LogP) is -1.93. The summed E-state index contributed by atoms with van der Waals surface area (Å²) in [6.45, 7) is 9.29. The molecule has 754 valence electrons. The maximum absolute atomic E-state index is 16.1. The Hall–Kier alpha value is -14.1. The maximum Gasteiger partial charge on any atom is 0.325 e. The van der Waals surface area contributed by atoms with Crippen LogP contribution in [-0.4, -0.2) is 314 Å². The average molecular weight is 1950 g/mol. The van der Waals surface area contributed by atoms with E-state index in [1.54, 1.807) is 106 Å². The van der Waals surface area contributed by atoms with Crippen molar-refractivity contribution in [2.45, 2.75) is 248 Å². The molecular weight excluding hydrogens is 1820 g/mol. The Bertz CT molecular complexity index is 5330. The molecule has 5 heterocycles. The number of hydrogen-bond donors (Lipinski definition) is 17. The molecule has 0 radical (unpaired) electrons. The highest BCUT2D eigenvalue weighted by Crippen LogP contribution is 2.29. The number of benzene rings is 3. The number of nitrogens with one attached hydrogen (secondary N) is 13. The van der Waals surface area contributed by atoms with Crippen LogP contribution in [0.5, 0.6) is 5.75 Å². The van der Waals surface area contributed by atoms with Gasteiger partial charge in [0.2, 0.25) is 100 Å². The lowest BCUT2D eigenvalue weighted by molar-refractivity contribution is -0.149. The smallest absolute Gasteiger partial charge is 0.325 e. The van der Waals surface area contributed by atoms with E-state index in [1.165, 1.54) is 59.4 Å². The number of H-pyrrole nitrogens is 1. The van der Waals surface area contributed by atoms with Crippen LogP contribution in [0.2, 0.25) is 0 Å². The highest BCUT2D eigenvalue weighted by molar-refractivity contribution is 8.00. The van der Waals surface area contributed by atoms with Crippen LogP contribution < -0.4 is 75.3 Å². The van der Waals surface area contributed by atoms with E-state index < -0.39 is 247 Å². The lowest BCUT2D eigenvalue weighted by Crippen LogP contribution is -2.62. The van der Waals surface area contributed by atoms with Crippen molar-refractivity contribution in [3.05, 3.63) is 102 Å². The Morgan fingerprint density at radius 1 is 0.568 bits per heavy atom. The summed E-state index contributed by atoms with van der Waals surface area (Å²) in [5.41, 5.74) is 13.5. The first-order chi connectivity index (χ1) is 66.1. The molecule has 3 aliphatic rings. The number of phenols is 1. The fraction of sp³-hybridized carbons (Fsp3) is 0.553. The van der Waals surface area contributed by atoms with Gasteiger partial charge in [0.05, 0.1) is 38.5 Å². The average Bonchev–Trinajstić information content (AvgIpc) is 1.88. The standard InChI is InChI=1S/C94H131N23O21S/c1-12-14-24-73-87(130)105-64(35-52(3)4)84(127)111-71(82(125)102-44-78(98)121)48-139-49-79(122)103-67(37-55-28-30-58(118)31-29-55)90(133)112(8)54(7)81(124)107-69(41-77(97)120)92(135)116-34-20-27-74(116)88(131)110-70(43-100-51-96)86(129)108-66(36-53(5)6)93(136)117-46-59(119)40-76(117)89(132)106-65(38-56-42-101-62-23-18-16-21-60(56)62)85(128)104-63(32-33-99-50-95)83(126)109-68(91(134)114(10)75(25-15-13-2)94(137)113(73)9)39-57-45-115(47-80(123)138-11)72-26-19-17-22-61(57)72/h16-19,21-23,26,28-31,42,45,52-54,59,63-71,73-76,99-101,118-119H,12-15,20,24-25,27,32-41,43-44,46-49H2,1-11H3,(H2,97,120)(H2,98,121)(H,102,125)(H,103,122)(H,104,128)(H,105,130)(H,106,132)(H,107,124)(H,108,129)(H,109,126)(H,110,131)(H,111,127)/t54-,59+,63-,64-,65-,66-,67-,68-,69-,70-,71-,73-,74-,75-,76-/m0/s1. The number of primary amides is 2. The Balaban J connectivity index is 1.23. The molecule has 2 aromatic heterocycles. The van der Waals surface area contributed by atoms with Crippen molar-refractivity contribution in [2.75, 3.05) is 72.5 Å². The second-order valence-corrected chi connectivity index (χ2v) is 37.0. The number of nitrogens with zero attached hydrogens (tertiary/aromatic N) is 8. The molecule has 0 bridgehead atoms. The highest BCUT2D eigenvalue weighted by atomic mass is 32.2. The van der Waals surface area contributed by atoms with Gasteiger partial charge in [-0.25, -0.2) is 0 Å². The Labute approximate surface area is 809 Å². The number of aliphatic hydroxyl groups excluding tert-OH is 1. The number of esters is 1. The first kappa shape index (κ1) is 110. The van der Waals surface area contributed by atoms with Crippen molar-refractivity contribution in [3.8, 4) is 18.1 Å². The number of fused-ring (bicyclic) bond motifs is 4. The number of nitrogens with two attached hydrogens (primary N) is 2. The topological polar surface area (TPSA) is 638 Å². The number of ether oxygens (including phenoxy) is 1. The van der Waals surface area contributed by atoms with Gasteiger partial charge in [-0.2, -0.15) is 10.5 Å². The van der Waals surface area contributed by atoms with Gasteiger partial charge in [-0.05, 0) is 105 Å². The second-order valence-electron chi connectivity index (χ2n) is 36.0. The van der Waals surface area contributed by atoms with Crippen LogP contribution in [0.3, 0.4) is 0 Å². The zero-order valence-corrected chi connectivity index (χ0v) is 81.0. The van der Waals surface area contributed by atoms with Crippen molar-refractivity contribution in [3.63, 3.8) is 0 Å². The first-order valence-electron chi connectivity index (χ1n) is 46.6. The fourth-order valence-electron chi connectivity index (χ4n) is 17.1. The molecule has 0 unspecified atom stereocenters.